The normalized spacial score (nSPS) is 19.6. The summed E-state index contributed by atoms with van der Waals surface area (Å²) in [6.07, 6.45) is 0.519. The van der Waals surface area contributed by atoms with E-state index in [-0.39, 0.29) is 25.5 Å². The van der Waals surface area contributed by atoms with Gasteiger partial charge in [-0.2, -0.15) is 8.42 Å². The third kappa shape index (κ3) is 3.77. The van der Waals surface area contributed by atoms with Gasteiger partial charge in [-0.15, -0.1) is 3.89 Å². The second-order valence-electron chi connectivity index (χ2n) is 4.92. The number of aliphatic hydroxyl groups is 1. The van der Waals surface area contributed by atoms with Crippen LogP contribution in [0.1, 0.15) is 12.0 Å². The molecule has 1 heterocycles. The number of hydrogen-bond donors (Lipinski definition) is 1. The maximum atomic E-state index is 12.7. The summed E-state index contributed by atoms with van der Waals surface area (Å²) in [5.41, 5.74) is 1.54. The van der Waals surface area contributed by atoms with E-state index in [1.165, 1.54) is 4.90 Å². The standard InChI is InChI=1S/C13H16FNO4S/c14-20(18,19)9-11-7-13(17)15(8-11)12-3-1-2-10(6-12)4-5-16/h1-3,6,11,16H,4-5,7-9H2. The topological polar surface area (TPSA) is 74.7 Å². The molecule has 0 aliphatic carbocycles. The van der Waals surface area contributed by atoms with Crippen LogP contribution in [0, 0.1) is 5.92 Å². The van der Waals surface area contributed by atoms with Crippen molar-refractivity contribution in [2.75, 3.05) is 23.8 Å². The summed E-state index contributed by atoms with van der Waals surface area (Å²) in [5.74, 6) is -1.34. The van der Waals surface area contributed by atoms with Crippen molar-refractivity contribution < 1.29 is 22.2 Å². The summed E-state index contributed by atoms with van der Waals surface area (Å²) in [5, 5.41) is 8.91. The highest BCUT2D eigenvalue weighted by atomic mass is 32.3. The van der Waals surface area contributed by atoms with Crippen molar-refractivity contribution in [3.05, 3.63) is 29.8 Å². The lowest BCUT2D eigenvalue weighted by Crippen LogP contribution is -2.25. The van der Waals surface area contributed by atoms with Crippen LogP contribution in [0.5, 0.6) is 0 Å². The van der Waals surface area contributed by atoms with Crippen molar-refractivity contribution in [3.8, 4) is 0 Å². The van der Waals surface area contributed by atoms with Crippen LogP contribution in [0.3, 0.4) is 0 Å². The van der Waals surface area contributed by atoms with Crippen LogP contribution >= 0.6 is 0 Å². The average molecular weight is 301 g/mol. The van der Waals surface area contributed by atoms with Gasteiger partial charge in [0.1, 0.15) is 0 Å². The molecular weight excluding hydrogens is 285 g/mol. The van der Waals surface area contributed by atoms with Gasteiger partial charge in [0.2, 0.25) is 5.91 Å². The predicted molar refractivity (Wildman–Crippen MR) is 72.6 cm³/mol. The molecule has 0 aromatic heterocycles. The van der Waals surface area contributed by atoms with E-state index in [1.807, 2.05) is 6.07 Å². The fourth-order valence-corrected chi connectivity index (χ4v) is 3.22. The highest BCUT2D eigenvalue weighted by molar-refractivity contribution is 7.86. The van der Waals surface area contributed by atoms with Gasteiger partial charge in [-0.05, 0) is 24.1 Å². The number of amides is 1. The number of carbonyl (C=O) groups excluding carboxylic acids is 1. The number of rotatable bonds is 5. The van der Waals surface area contributed by atoms with Gasteiger partial charge in [0.05, 0.1) is 5.75 Å². The minimum Gasteiger partial charge on any atom is -0.396 e. The highest BCUT2D eigenvalue weighted by Crippen LogP contribution is 2.27. The first-order chi connectivity index (χ1) is 9.39. The van der Waals surface area contributed by atoms with Crippen molar-refractivity contribution in [3.63, 3.8) is 0 Å². The summed E-state index contributed by atoms with van der Waals surface area (Å²) in [6.45, 7) is 0.213. The molecule has 2 rings (SSSR count). The molecule has 20 heavy (non-hydrogen) atoms. The molecule has 110 valence electrons. The van der Waals surface area contributed by atoms with E-state index < -0.39 is 21.9 Å². The maximum absolute atomic E-state index is 12.7. The third-order valence-corrected chi connectivity index (χ3v) is 4.13. The molecule has 1 amide bonds. The molecule has 1 saturated heterocycles. The van der Waals surface area contributed by atoms with Crippen molar-refractivity contribution in [2.24, 2.45) is 5.92 Å². The van der Waals surface area contributed by atoms with E-state index in [4.69, 9.17) is 5.11 Å². The Labute approximate surface area is 117 Å². The molecular formula is C13H16FNO4S. The molecule has 0 saturated carbocycles. The fraction of sp³-hybridized carbons (Fsp3) is 0.462. The molecule has 1 fully saturated rings. The van der Waals surface area contributed by atoms with Crippen LogP contribution in [-0.2, 0) is 21.4 Å². The number of carbonyl (C=O) groups is 1. The summed E-state index contributed by atoms with van der Waals surface area (Å²) in [6, 6.07) is 7.13. The molecule has 1 aliphatic heterocycles. The molecule has 5 nitrogen and oxygen atoms in total. The van der Waals surface area contributed by atoms with E-state index in [9.17, 15) is 17.1 Å². The molecule has 1 unspecified atom stereocenters. The first-order valence-electron chi connectivity index (χ1n) is 6.31. The van der Waals surface area contributed by atoms with Gasteiger partial charge in [-0.25, -0.2) is 0 Å². The van der Waals surface area contributed by atoms with E-state index in [2.05, 4.69) is 0 Å². The zero-order valence-electron chi connectivity index (χ0n) is 10.8. The quantitative estimate of drug-likeness (QED) is 0.819. The Morgan fingerprint density at radius 2 is 2.15 bits per heavy atom. The lowest BCUT2D eigenvalue weighted by atomic mass is 10.1. The van der Waals surface area contributed by atoms with Crippen molar-refractivity contribution in [1.29, 1.82) is 0 Å². The lowest BCUT2D eigenvalue weighted by molar-refractivity contribution is -0.117. The predicted octanol–water partition coefficient (Wildman–Crippen LogP) is 0.874. The van der Waals surface area contributed by atoms with E-state index >= 15 is 0 Å². The Morgan fingerprint density at radius 1 is 1.40 bits per heavy atom. The zero-order valence-corrected chi connectivity index (χ0v) is 11.6. The Kier molecular flexibility index (Phi) is 4.39. The molecule has 1 aliphatic rings. The summed E-state index contributed by atoms with van der Waals surface area (Å²) in [4.78, 5) is 13.4. The van der Waals surface area contributed by atoms with Gasteiger partial charge >= 0.3 is 10.2 Å². The third-order valence-electron chi connectivity index (χ3n) is 3.26. The first-order valence-corrected chi connectivity index (χ1v) is 7.87. The number of nitrogens with zero attached hydrogens (tertiary/aromatic N) is 1. The zero-order chi connectivity index (χ0) is 14.8. The first kappa shape index (κ1) is 14.9. The molecule has 1 N–H and O–H groups in total. The minimum atomic E-state index is -4.57. The van der Waals surface area contributed by atoms with E-state index in [0.29, 0.717) is 12.1 Å². The van der Waals surface area contributed by atoms with Crippen molar-refractivity contribution >= 4 is 21.8 Å². The Morgan fingerprint density at radius 3 is 2.80 bits per heavy atom. The van der Waals surface area contributed by atoms with Gasteiger partial charge in [0.25, 0.3) is 0 Å². The SMILES string of the molecule is O=C1CC(CS(=O)(=O)F)CN1c1cccc(CCO)c1. The number of anilines is 1. The molecule has 1 aromatic rings. The minimum absolute atomic E-state index is 0.0140. The molecule has 1 aromatic carbocycles. The average Bonchev–Trinajstić information content (AvgIpc) is 2.68. The maximum Gasteiger partial charge on any atom is 0.302 e. The number of aliphatic hydroxyl groups excluding tert-OH is 1. The molecule has 0 bridgehead atoms. The Bertz CT molecular complexity index is 602. The number of hydrogen-bond acceptors (Lipinski definition) is 4. The molecule has 7 heteroatoms. The van der Waals surface area contributed by atoms with Crippen LogP contribution < -0.4 is 4.90 Å². The second kappa shape index (κ2) is 5.88. The summed E-state index contributed by atoms with van der Waals surface area (Å²) in [7, 11) is -4.57. The van der Waals surface area contributed by atoms with Crippen molar-refractivity contribution in [1.82, 2.24) is 0 Å². The fourth-order valence-electron chi connectivity index (χ4n) is 2.43. The van der Waals surface area contributed by atoms with Gasteiger partial charge in [0.15, 0.2) is 0 Å². The molecule has 1 atom stereocenters. The van der Waals surface area contributed by atoms with E-state index in [0.717, 1.165) is 5.56 Å². The number of halogens is 1. The summed E-state index contributed by atoms with van der Waals surface area (Å²) >= 11 is 0. The van der Waals surface area contributed by atoms with Crippen LogP contribution in [0.2, 0.25) is 0 Å². The number of benzene rings is 1. The monoisotopic (exact) mass is 301 g/mol. The van der Waals surface area contributed by atoms with Gasteiger partial charge in [-0.1, -0.05) is 12.1 Å². The second-order valence-corrected chi connectivity index (χ2v) is 6.33. The van der Waals surface area contributed by atoms with E-state index in [1.54, 1.807) is 18.2 Å². The Hall–Kier alpha value is -1.47. The smallest absolute Gasteiger partial charge is 0.302 e. The Balaban J connectivity index is 2.13. The van der Waals surface area contributed by atoms with Gasteiger partial charge in [0, 0.05) is 31.2 Å². The molecule has 0 spiro atoms. The highest BCUT2D eigenvalue weighted by Gasteiger charge is 2.33. The van der Waals surface area contributed by atoms with Crippen LogP contribution in [-0.4, -0.2) is 38.3 Å². The molecule has 0 radical (unpaired) electrons. The van der Waals surface area contributed by atoms with Gasteiger partial charge in [-0.3, -0.25) is 4.79 Å². The van der Waals surface area contributed by atoms with Crippen LogP contribution in [0.25, 0.3) is 0 Å². The van der Waals surface area contributed by atoms with Gasteiger partial charge < -0.3 is 10.0 Å². The van der Waals surface area contributed by atoms with Crippen LogP contribution in [0.15, 0.2) is 24.3 Å². The summed E-state index contributed by atoms with van der Waals surface area (Å²) < 4.78 is 34.0. The lowest BCUT2D eigenvalue weighted by Gasteiger charge is -2.17. The van der Waals surface area contributed by atoms with Crippen molar-refractivity contribution in [2.45, 2.75) is 12.8 Å². The largest absolute Gasteiger partial charge is 0.396 e. The van der Waals surface area contributed by atoms with Crippen LogP contribution in [0.4, 0.5) is 9.57 Å².